The molecule has 0 rings (SSSR count). The lowest BCUT2D eigenvalue weighted by Crippen LogP contribution is -2.20. The van der Waals surface area contributed by atoms with E-state index in [4.69, 9.17) is 23.7 Å². The van der Waals surface area contributed by atoms with E-state index in [0.717, 1.165) is 25.7 Å². The van der Waals surface area contributed by atoms with Gasteiger partial charge in [-0.3, -0.25) is 4.79 Å². The number of ether oxygens (including phenoxy) is 5. The summed E-state index contributed by atoms with van der Waals surface area (Å²) in [5, 5.41) is 0. The molecule has 0 aromatic heterocycles. The maximum absolute atomic E-state index is 11.9. The van der Waals surface area contributed by atoms with Gasteiger partial charge in [0.05, 0.1) is 58.8 Å². The lowest BCUT2D eigenvalue weighted by atomic mass is 10.00. The van der Waals surface area contributed by atoms with Crippen LogP contribution in [-0.4, -0.2) is 65.4 Å². The summed E-state index contributed by atoms with van der Waals surface area (Å²) in [6, 6.07) is 0. The minimum Gasteiger partial charge on any atom is -0.463 e. The van der Waals surface area contributed by atoms with Crippen molar-refractivity contribution in [3.05, 3.63) is 12.7 Å². The smallest absolute Gasteiger partial charge is 0.308 e. The number of hydrogen-bond donors (Lipinski definition) is 0. The van der Waals surface area contributed by atoms with Crippen molar-refractivity contribution in [2.45, 2.75) is 39.5 Å². The number of unbranched alkanes of at least 4 members (excludes halogenated alkanes) is 1. The maximum Gasteiger partial charge on any atom is 0.308 e. The highest BCUT2D eigenvalue weighted by molar-refractivity contribution is 5.72. The Bertz CT molecular complexity index is 308. The van der Waals surface area contributed by atoms with Crippen LogP contribution in [0, 0.1) is 5.92 Å². The number of carbonyl (C=O) groups excluding carboxylic acids is 1. The molecule has 0 aliphatic heterocycles. The van der Waals surface area contributed by atoms with Crippen LogP contribution in [0.4, 0.5) is 0 Å². The van der Waals surface area contributed by atoms with Gasteiger partial charge in [0.2, 0.25) is 0 Å². The van der Waals surface area contributed by atoms with E-state index in [1.54, 1.807) is 6.08 Å². The highest BCUT2D eigenvalue weighted by Gasteiger charge is 2.16. The van der Waals surface area contributed by atoms with Gasteiger partial charge >= 0.3 is 5.97 Å². The van der Waals surface area contributed by atoms with Crippen LogP contribution in [0.25, 0.3) is 0 Å². The van der Waals surface area contributed by atoms with Gasteiger partial charge in [-0.1, -0.05) is 32.8 Å². The third-order valence-corrected chi connectivity index (χ3v) is 3.56. The molecule has 1 atom stereocenters. The SMILES string of the molecule is C=CCOCCOCCOCCOCCOC(=O)C(CC)CCCC. The number of rotatable bonds is 19. The Morgan fingerprint density at radius 2 is 1.40 bits per heavy atom. The lowest BCUT2D eigenvalue weighted by Gasteiger charge is -2.13. The zero-order chi connectivity index (χ0) is 18.6. The molecule has 0 N–H and O–H groups in total. The van der Waals surface area contributed by atoms with Gasteiger partial charge < -0.3 is 23.7 Å². The fraction of sp³-hybridized carbons (Fsp3) is 0.842. The molecular weight excluding hydrogens is 324 g/mol. The predicted octanol–water partition coefficient (Wildman–Crippen LogP) is 3.00. The Morgan fingerprint density at radius 1 is 0.880 bits per heavy atom. The molecule has 0 aliphatic rings. The van der Waals surface area contributed by atoms with E-state index in [9.17, 15) is 4.79 Å². The summed E-state index contributed by atoms with van der Waals surface area (Å²) in [7, 11) is 0. The molecule has 0 aliphatic carbocycles. The van der Waals surface area contributed by atoms with Crippen LogP contribution in [-0.2, 0) is 28.5 Å². The van der Waals surface area contributed by atoms with Crippen LogP contribution in [0.5, 0.6) is 0 Å². The Labute approximate surface area is 152 Å². The minimum absolute atomic E-state index is 0.0189. The molecular formula is C19H36O6. The Balaban J connectivity index is 3.30. The monoisotopic (exact) mass is 360 g/mol. The first kappa shape index (κ1) is 24.1. The van der Waals surface area contributed by atoms with Crippen molar-refractivity contribution >= 4 is 5.97 Å². The molecule has 6 nitrogen and oxygen atoms in total. The summed E-state index contributed by atoms with van der Waals surface area (Å²) >= 11 is 0. The quantitative estimate of drug-likeness (QED) is 0.200. The van der Waals surface area contributed by atoms with Gasteiger partial charge in [-0.15, -0.1) is 6.58 Å². The molecule has 0 aromatic carbocycles. The summed E-state index contributed by atoms with van der Waals surface area (Å²) in [5.74, 6) is -0.0875. The van der Waals surface area contributed by atoms with Crippen molar-refractivity contribution in [1.82, 2.24) is 0 Å². The summed E-state index contributed by atoms with van der Waals surface area (Å²) in [5.41, 5.74) is 0. The lowest BCUT2D eigenvalue weighted by molar-refractivity contribution is -0.150. The summed E-state index contributed by atoms with van der Waals surface area (Å²) in [6.07, 6.45) is 5.60. The summed E-state index contributed by atoms with van der Waals surface area (Å²) in [6.45, 7) is 12.1. The Hall–Kier alpha value is -0.950. The van der Waals surface area contributed by atoms with Crippen LogP contribution in [0.1, 0.15) is 39.5 Å². The molecule has 0 aromatic rings. The van der Waals surface area contributed by atoms with E-state index in [2.05, 4.69) is 13.5 Å². The van der Waals surface area contributed by atoms with Gasteiger partial charge in [0.25, 0.3) is 0 Å². The van der Waals surface area contributed by atoms with Gasteiger partial charge in [0.15, 0.2) is 0 Å². The van der Waals surface area contributed by atoms with Crippen LogP contribution in [0.2, 0.25) is 0 Å². The molecule has 6 heteroatoms. The first-order chi connectivity index (χ1) is 12.3. The number of carbonyl (C=O) groups is 1. The zero-order valence-corrected chi connectivity index (χ0v) is 16.0. The average Bonchev–Trinajstić information content (AvgIpc) is 2.62. The average molecular weight is 360 g/mol. The van der Waals surface area contributed by atoms with Crippen molar-refractivity contribution in [3.63, 3.8) is 0 Å². The topological polar surface area (TPSA) is 63.2 Å². The van der Waals surface area contributed by atoms with Crippen LogP contribution in [0.3, 0.4) is 0 Å². The minimum atomic E-state index is -0.106. The van der Waals surface area contributed by atoms with Gasteiger partial charge in [-0.05, 0) is 12.8 Å². The molecule has 0 saturated carbocycles. The highest BCUT2D eigenvalue weighted by Crippen LogP contribution is 2.14. The first-order valence-electron chi connectivity index (χ1n) is 9.34. The van der Waals surface area contributed by atoms with E-state index in [-0.39, 0.29) is 11.9 Å². The van der Waals surface area contributed by atoms with Crippen molar-refractivity contribution in [2.75, 3.05) is 59.5 Å². The van der Waals surface area contributed by atoms with E-state index in [1.807, 2.05) is 6.92 Å². The second-order valence-corrected chi connectivity index (χ2v) is 5.62. The molecule has 0 bridgehead atoms. The van der Waals surface area contributed by atoms with Crippen molar-refractivity contribution in [2.24, 2.45) is 5.92 Å². The molecule has 0 radical (unpaired) electrons. The number of esters is 1. The predicted molar refractivity (Wildman–Crippen MR) is 97.7 cm³/mol. The van der Waals surface area contributed by atoms with Gasteiger partial charge in [0.1, 0.15) is 6.61 Å². The maximum atomic E-state index is 11.9. The largest absolute Gasteiger partial charge is 0.463 e. The summed E-state index contributed by atoms with van der Waals surface area (Å²) < 4.78 is 26.5. The van der Waals surface area contributed by atoms with E-state index < -0.39 is 0 Å². The van der Waals surface area contributed by atoms with Gasteiger partial charge in [0, 0.05) is 0 Å². The third-order valence-electron chi connectivity index (χ3n) is 3.56. The summed E-state index contributed by atoms with van der Waals surface area (Å²) in [4.78, 5) is 11.9. The van der Waals surface area contributed by atoms with Crippen LogP contribution < -0.4 is 0 Å². The second kappa shape index (κ2) is 19.4. The van der Waals surface area contributed by atoms with Crippen molar-refractivity contribution in [3.8, 4) is 0 Å². The standard InChI is InChI=1S/C19H36O6/c1-4-7-8-18(6-3)19(20)25-17-16-24-15-14-23-13-12-22-11-10-21-9-5-2/h5,18H,2,4,6-17H2,1,3H3. The molecule has 1 unspecified atom stereocenters. The van der Waals surface area contributed by atoms with Crippen molar-refractivity contribution < 1.29 is 28.5 Å². The molecule has 148 valence electrons. The Kier molecular flexibility index (Phi) is 18.6. The second-order valence-electron chi connectivity index (χ2n) is 5.62. The van der Waals surface area contributed by atoms with Crippen molar-refractivity contribution in [1.29, 1.82) is 0 Å². The van der Waals surface area contributed by atoms with E-state index in [0.29, 0.717) is 59.5 Å². The normalized spacial score (nSPS) is 12.1. The van der Waals surface area contributed by atoms with Crippen LogP contribution in [0.15, 0.2) is 12.7 Å². The molecule has 0 heterocycles. The van der Waals surface area contributed by atoms with Crippen LogP contribution >= 0.6 is 0 Å². The molecule has 0 amide bonds. The Morgan fingerprint density at radius 3 is 1.88 bits per heavy atom. The highest BCUT2D eigenvalue weighted by atomic mass is 16.6. The molecule has 0 fully saturated rings. The van der Waals surface area contributed by atoms with Gasteiger partial charge in [-0.25, -0.2) is 0 Å². The third kappa shape index (κ3) is 16.3. The van der Waals surface area contributed by atoms with E-state index >= 15 is 0 Å². The molecule has 25 heavy (non-hydrogen) atoms. The molecule has 0 spiro atoms. The molecule has 0 saturated heterocycles. The fourth-order valence-corrected chi connectivity index (χ4v) is 2.08. The van der Waals surface area contributed by atoms with E-state index in [1.165, 1.54) is 0 Å². The number of hydrogen-bond acceptors (Lipinski definition) is 6. The first-order valence-corrected chi connectivity index (χ1v) is 9.34. The fourth-order valence-electron chi connectivity index (χ4n) is 2.08. The zero-order valence-electron chi connectivity index (χ0n) is 16.0. The van der Waals surface area contributed by atoms with Gasteiger partial charge in [-0.2, -0.15) is 0 Å².